The molecule has 8 heteroatoms. The highest BCUT2D eigenvalue weighted by Crippen LogP contribution is 2.46. The third-order valence-corrected chi connectivity index (χ3v) is 7.13. The van der Waals surface area contributed by atoms with E-state index in [4.69, 9.17) is 9.97 Å². The van der Waals surface area contributed by atoms with Gasteiger partial charge in [-0.3, -0.25) is 4.79 Å². The standard InChI is InChI=1S/C29H31N5O2.ClH/c1-5-33-25(17-10-16-24-29(2,3)20-12-6-9-15-23(20)32(24)4)34(19-11-18-26(35)36)28-27(33)30-21-13-7-8-14-22(21)31-28;/h6-10,12-17H,5,11,18-19H2,1-4H3;1H. The van der Waals surface area contributed by atoms with Gasteiger partial charge in [0.15, 0.2) is 5.52 Å². The maximum atomic E-state index is 11.2. The number of carbonyl (C=O) groups is 1. The Kier molecular flexibility index (Phi) is 7.37. The fourth-order valence-electron chi connectivity index (χ4n) is 5.33. The number of imidazole rings is 1. The molecule has 3 heterocycles. The number of rotatable bonds is 7. The van der Waals surface area contributed by atoms with Crippen molar-refractivity contribution in [2.24, 2.45) is 0 Å². The van der Waals surface area contributed by atoms with Crippen molar-refractivity contribution in [1.82, 2.24) is 14.5 Å². The van der Waals surface area contributed by atoms with E-state index in [-0.39, 0.29) is 24.2 Å². The largest absolute Gasteiger partial charge is 1.00 e. The topological polar surface area (TPSA) is 75.1 Å². The van der Waals surface area contributed by atoms with Gasteiger partial charge in [-0.25, -0.2) is 14.1 Å². The van der Waals surface area contributed by atoms with Gasteiger partial charge in [-0.2, -0.15) is 0 Å². The van der Waals surface area contributed by atoms with Crippen LogP contribution >= 0.6 is 0 Å². The number of likely N-dealkylation sites (N-methyl/N-ethyl adjacent to an activating group) is 1. The number of allylic oxidation sites excluding steroid dienone is 3. The Bertz CT molecular complexity index is 1540. The first-order valence-electron chi connectivity index (χ1n) is 12.5. The molecule has 1 aliphatic rings. The van der Waals surface area contributed by atoms with Gasteiger partial charge in [-0.15, -0.1) is 0 Å². The molecular weight excluding hydrogens is 486 g/mol. The van der Waals surface area contributed by atoms with E-state index >= 15 is 0 Å². The first-order valence-corrected chi connectivity index (χ1v) is 12.5. The Balaban J connectivity index is 0.00000320. The van der Waals surface area contributed by atoms with E-state index in [9.17, 15) is 9.90 Å². The third kappa shape index (κ3) is 4.60. The van der Waals surface area contributed by atoms with Gasteiger partial charge < -0.3 is 22.4 Å². The summed E-state index contributed by atoms with van der Waals surface area (Å²) in [5.41, 5.74) is 6.93. The highest BCUT2D eigenvalue weighted by Gasteiger charge is 2.37. The molecule has 0 spiro atoms. The number of carboxylic acid groups (broad SMARTS) is 1. The number of carboxylic acids is 1. The lowest BCUT2D eigenvalue weighted by molar-refractivity contribution is -0.676. The molecule has 0 amide bonds. The van der Waals surface area contributed by atoms with Crippen LogP contribution in [0.1, 0.15) is 45.0 Å². The molecule has 7 nitrogen and oxygen atoms in total. The van der Waals surface area contributed by atoms with Gasteiger partial charge in [0.2, 0.25) is 5.82 Å². The highest BCUT2D eigenvalue weighted by molar-refractivity contribution is 5.82. The molecule has 192 valence electrons. The molecule has 2 aromatic heterocycles. The molecule has 0 aliphatic carbocycles. The summed E-state index contributed by atoms with van der Waals surface area (Å²) in [5.74, 6) is 0.167. The number of halogens is 1. The summed E-state index contributed by atoms with van der Waals surface area (Å²) < 4.78 is 4.26. The molecule has 2 aromatic carbocycles. The molecule has 0 fully saturated rings. The Morgan fingerprint density at radius 3 is 2.43 bits per heavy atom. The monoisotopic (exact) mass is 517 g/mol. The van der Waals surface area contributed by atoms with Crippen LogP contribution in [0.5, 0.6) is 0 Å². The fraction of sp³-hybridized carbons (Fsp3) is 0.310. The van der Waals surface area contributed by atoms with Crippen LogP contribution in [0, 0.1) is 0 Å². The molecule has 0 saturated heterocycles. The Morgan fingerprint density at radius 2 is 1.76 bits per heavy atom. The number of aliphatic carboxylic acids is 1. The first-order chi connectivity index (χ1) is 17.3. The van der Waals surface area contributed by atoms with Crippen molar-refractivity contribution in [2.75, 3.05) is 11.9 Å². The van der Waals surface area contributed by atoms with Crippen LogP contribution in [-0.2, 0) is 23.3 Å². The number of aryl methyl sites for hydroxylation is 2. The zero-order valence-electron chi connectivity index (χ0n) is 21.6. The van der Waals surface area contributed by atoms with Gasteiger partial charge in [-0.05, 0) is 43.2 Å². The van der Waals surface area contributed by atoms with E-state index in [2.05, 4.69) is 84.3 Å². The number of anilines is 1. The van der Waals surface area contributed by atoms with Gasteiger partial charge in [0, 0.05) is 36.3 Å². The van der Waals surface area contributed by atoms with Crippen LogP contribution in [0.4, 0.5) is 5.69 Å². The molecule has 5 rings (SSSR count). The van der Waals surface area contributed by atoms with Crippen molar-refractivity contribution in [3.05, 3.63) is 77.8 Å². The van der Waals surface area contributed by atoms with Crippen molar-refractivity contribution in [1.29, 1.82) is 0 Å². The van der Waals surface area contributed by atoms with Crippen LogP contribution in [0.3, 0.4) is 0 Å². The highest BCUT2D eigenvalue weighted by atomic mass is 35.5. The lowest BCUT2D eigenvalue weighted by Crippen LogP contribution is -3.00. The van der Waals surface area contributed by atoms with Gasteiger partial charge in [-0.1, -0.05) is 55.2 Å². The van der Waals surface area contributed by atoms with E-state index < -0.39 is 5.97 Å². The second-order valence-electron chi connectivity index (χ2n) is 9.72. The summed E-state index contributed by atoms with van der Waals surface area (Å²) in [4.78, 5) is 23.3. The minimum Gasteiger partial charge on any atom is -1.00 e. The SMILES string of the molecule is CCn1c(/C=C/C=C2/N(C)c3ccccc3C2(C)C)[n+](CCCC(=O)O)c2nc3ccccc3nc21.[Cl-]. The van der Waals surface area contributed by atoms with Crippen LogP contribution in [0.25, 0.3) is 28.4 Å². The fourth-order valence-corrected chi connectivity index (χ4v) is 5.33. The maximum Gasteiger partial charge on any atom is 0.323 e. The molecule has 1 aliphatic heterocycles. The predicted octanol–water partition coefficient (Wildman–Crippen LogP) is 2.09. The average molecular weight is 518 g/mol. The lowest BCUT2D eigenvalue weighted by Gasteiger charge is -2.23. The van der Waals surface area contributed by atoms with E-state index in [1.54, 1.807) is 0 Å². The molecule has 4 aromatic rings. The van der Waals surface area contributed by atoms with Crippen LogP contribution in [-0.4, -0.2) is 32.7 Å². The van der Waals surface area contributed by atoms with Crippen molar-refractivity contribution in [3.63, 3.8) is 0 Å². The molecule has 0 unspecified atom stereocenters. The van der Waals surface area contributed by atoms with Crippen molar-refractivity contribution in [3.8, 4) is 0 Å². The molecule has 0 saturated carbocycles. The third-order valence-electron chi connectivity index (χ3n) is 7.13. The average Bonchev–Trinajstić information content (AvgIpc) is 3.25. The number of nitrogens with zero attached hydrogens (tertiary/aromatic N) is 5. The molecular formula is C29H32ClN5O2. The summed E-state index contributed by atoms with van der Waals surface area (Å²) in [5, 5.41) is 9.21. The van der Waals surface area contributed by atoms with E-state index in [0.29, 0.717) is 13.0 Å². The molecule has 0 radical (unpaired) electrons. The summed E-state index contributed by atoms with van der Waals surface area (Å²) >= 11 is 0. The van der Waals surface area contributed by atoms with E-state index in [0.717, 1.165) is 34.7 Å². The van der Waals surface area contributed by atoms with Gasteiger partial charge in [0.05, 0.1) is 13.1 Å². The first kappa shape index (κ1) is 26.4. The molecule has 1 N–H and O–H groups in total. The maximum absolute atomic E-state index is 11.2. The summed E-state index contributed by atoms with van der Waals surface area (Å²) in [7, 11) is 2.11. The lowest BCUT2D eigenvalue weighted by atomic mass is 9.84. The summed E-state index contributed by atoms with van der Waals surface area (Å²) in [6.07, 6.45) is 6.99. The molecule has 37 heavy (non-hydrogen) atoms. The Hall–Kier alpha value is -3.71. The zero-order valence-corrected chi connectivity index (χ0v) is 22.4. The van der Waals surface area contributed by atoms with Crippen molar-refractivity contribution in [2.45, 2.75) is 52.1 Å². The van der Waals surface area contributed by atoms with Gasteiger partial charge in [0.25, 0.3) is 5.65 Å². The number of para-hydroxylation sites is 3. The number of aromatic nitrogens is 4. The summed E-state index contributed by atoms with van der Waals surface area (Å²) in [6, 6.07) is 16.4. The van der Waals surface area contributed by atoms with Gasteiger partial charge in [0.1, 0.15) is 5.52 Å². The minimum absolute atomic E-state index is 0. The Morgan fingerprint density at radius 1 is 1.08 bits per heavy atom. The number of benzene rings is 2. The second kappa shape index (κ2) is 10.3. The second-order valence-corrected chi connectivity index (χ2v) is 9.72. The normalized spacial score (nSPS) is 15.6. The summed E-state index contributed by atoms with van der Waals surface area (Å²) in [6.45, 7) is 7.88. The van der Waals surface area contributed by atoms with Crippen LogP contribution < -0.4 is 21.9 Å². The zero-order chi connectivity index (χ0) is 25.4. The minimum atomic E-state index is -0.792. The van der Waals surface area contributed by atoms with Crippen LogP contribution in [0.2, 0.25) is 0 Å². The smallest absolute Gasteiger partial charge is 0.323 e. The van der Waals surface area contributed by atoms with Crippen molar-refractivity contribution < 1.29 is 26.9 Å². The number of fused-ring (bicyclic) bond motifs is 3. The number of hydrogen-bond acceptors (Lipinski definition) is 4. The van der Waals surface area contributed by atoms with E-state index in [1.807, 2.05) is 24.3 Å². The van der Waals surface area contributed by atoms with E-state index in [1.165, 1.54) is 16.9 Å². The number of hydrogen-bond donors (Lipinski definition) is 1. The Labute approximate surface area is 223 Å². The molecule has 0 atom stereocenters. The van der Waals surface area contributed by atoms with Crippen LogP contribution in [0.15, 0.2) is 66.4 Å². The van der Waals surface area contributed by atoms with Gasteiger partial charge >= 0.3 is 11.6 Å². The van der Waals surface area contributed by atoms with Crippen molar-refractivity contribution >= 4 is 40.1 Å². The predicted molar refractivity (Wildman–Crippen MR) is 143 cm³/mol. The quantitative estimate of drug-likeness (QED) is 0.380. The molecule has 0 bridgehead atoms.